The van der Waals surface area contributed by atoms with Gasteiger partial charge in [-0.1, -0.05) is 23.5 Å². The van der Waals surface area contributed by atoms with Crippen LogP contribution in [0.2, 0.25) is 0 Å². The number of ether oxygens (including phenoxy) is 1. The summed E-state index contributed by atoms with van der Waals surface area (Å²) in [7, 11) is 3.76. The minimum absolute atomic E-state index is 0.0859. The van der Waals surface area contributed by atoms with Crippen LogP contribution in [0.25, 0.3) is 0 Å². The van der Waals surface area contributed by atoms with E-state index in [4.69, 9.17) is 4.74 Å². The third-order valence-corrected chi connectivity index (χ3v) is 6.13. The summed E-state index contributed by atoms with van der Waals surface area (Å²) in [6.45, 7) is 1.36. The SMILES string of the molecule is CC(=O)OC1SC(=C2C(=O)CCCC2=O)SC1N(C)C. The summed E-state index contributed by atoms with van der Waals surface area (Å²) in [6.07, 6.45) is 1.49. The third-order valence-electron chi connectivity index (χ3n) is 3.04. The van der Waals surface area contributed by atoms with Gasteiger partial charge in [0.25, 0.3) is 0 Å². The minimum Gasteiger partial charge on any atom is -0.448 e. The van der Waals surface area contributed by atoms with E-state index >= 15 is 0 Å². The van der Waals surface area contributed by atoms with E-state index in [0.717, 1.165) is 0 Å². The second kappa shape index (κ2) is 6.32. The van der Waals surface area contributed by atoms with Gasteiger partial charge in [-0.15, -0.1) is 0 Å². The maximum absolute atomic E-state index is 12.0. The molecule has 2 unspecified atom stereocenters. The number of carbonyl (C=O) groups excluding carboxylic acids is 3. The number of carbonyl (C=O) groups is 3. The van der Waals surface area contributed by atoms with Crippen molar-refractivity contribution < 1.29 is 19.1 Å². The van der Waals surface area contributed by atoms with Crippen LogP contribution >= 0.6 is 23.5 Å². The molecule has 1 heterocycles. The van der Waals surface area contributed by atoms with Gasteiger partial charge in [0.05, 0.1) is 9.81 Å². The molecule has 0 aromatic heterocycles. The quantitative estimate of drug-likeness (QED) is 0.437. The van der Waals surface area contributed by atoms with Gasteiger partial charge in [0.15, 0.2) is 17.0 Å². The molecule has 1 saturated heterocycles. The highest BCUT2D eigenvalue weighted by Gasteiger charge is 2.40. The standard InChI is InChI=1S/C13H17NO4S2/c1-7(15)18-12-11(14(2)3)19-13(20-12)10-8(16)5-4-6-9(10)17/h11-12H,4-6H2,1-3H3. The number of hydrogen-bond donors (Lipinski definition) is 0. The highest BCUT2D eigenvalue weighted by atomic mass is 32.2. The predicted molar refractivity (Wildman–Crippen MR) is 79.1 cm³/mol. The molecule has 5 nitrogen and oxygen atoms in total. The van der Waals surface area contributed by atoms with Crippen LogP contribution in [0.5, 0.6) is 0 Å². The Hall–Kier alpha value is -0.790. The molecule has 20 heavy (non-hydrogen) atoms. The molecular weight excluding hydrogens is 298 g/mol. The molecule has 7 heteroatoms. The fourth-order valence-corrected chi connectivity index (χ4v) is 5.29. The van der Waals surface area contributed by atoms with E-state index in [0.29, 0.717) is 29.1 Å². The van der Waals surface area contributed by atoms with Gasteiger partial charge in [-0.2, -0.15) is 0 Å². The molecular formula is C13H17NO4S2. The van der Waals surface area contributed by atoms with Crippen LogP contribution in [0.3, 0.4) is 0 Å². The highest BCUT2D eigenvalue weighted by molar-refractivity contribution is 8.26. The molecule has 0 aromatic carbocycles. The van der Waals surface area contributed by atoms with Crippen LogP contribution < -0.4 is 0 Å². The molecule has 2 rings (SSSR count). The molecule has 0 bridgehead atoms. The molecule has 0 radical (unpaired) electrons. The summed E-state index contributed by atoms with van der Waals surface area (Å²) in [5.41, 5.74) is -0.0784. The van der Waals surface area contributed by atoms with E-state index in [2.05, 4.69) is 0 Å². The molecule has 0 aromatic rings. The topological polar surface area (TPSA) is 63.7 Å². The molecule has 2 atom stereocenters. The lowest BCUT2D eigenvalue weighted by Crippen LogP contribution is -2.33. The van der Waals surface area contributed by atoms with E-state index in [1.807, 2.05) is 19.0 Å². The maximum atomic E-state index is 12.0. The second-order valence-corrected chi connectivity index (χ2v) is 7.42. The average Bonchev–Trinajstić information content (AvgIpc) is 2.71. The number of thioether (sulfide) groups is 2. The minimum atomic E-state index is -0.391. The first kappa shape index (κ1) is 15.6. The van der Waals surface area contributed by atoms with Crippen molar-refractivity contribution in [2.75, 3.05) is 14.1 Å². The summed E-state index contributed by atoms with van der Waals surface area (Å²) < 4.78 is 5.98. The van der Waals surface area contributed by atoms with Crippen molar-refractivity contribution in [1.29, 1.82) is 0 Å². The number of esters is 1. The van der Waals surface area contributed by atoms with E-state index in [1.165, 1.54) is 30.4 Å². The molecule has 0 N–H and O–H groups in total. The Bertz CT molecular complexity index is 469. The number of rotatable bonds is 2. The maximum Gasteiger partial charge on any atom is 0.303 e. The molecule has 1 aliphatic heterocycles. The summed E-state index contributed by atoms with van der Waals surface area (Å²) >= 11 is 2.74. The van der Waals surface area contributed by atoms with Crippen LogP contribution in [0.15, 0.2) is 9.81 Å². The fourth-order valence-electron chi connectivity index (χ4n) is 2.11. The van der Waals surface area contributed by atoms with E-state index < -0.39 is 5.44 Å². The largest absolute Gasteiger partial charge is 0.448 e. The van der Waals surface area contributed by atoms with Gasteiger partial charge in [0, 0.05) is 19.8 Å². The molecule has 110 valence electrons. The van der Waals surface area contributed by atoms with Crippen LogP contribution in [-0.4, -0.2) is 47.3 Å². The average molecular weight is 315 g/mol. The Balaban J connectivity index is 2.28. The number of allylic oxidation sites excluding steroid dienone is 1. The Morgan fingerprint density at radius 3 is 2.30 bits per heavy atom. The summed E-state index contributed by atoms with van der Waals surface area (Å²) in [5, 5.41) is -0.0890. The number of ketones is 2. The fraction of sp³-hybridized carbons (Fsp3) is 0.615. The Kier molecular flexibility index (Phi) is 4.93. The van der Waals surface area contributed by atoms with Gasteiger partial charge in [-0.3, -0.25) is 19.3 Å². The first-order chi connectivity index (χ1) is 9.40. The van der Waals surface area contributed by atoms with Crippen LogP contribution in [-0.2, 0) is 19.1 Å². The van der Waals surface area contributed by atoms with Crippen molar-refractivity contribution in [2.24, 2.45) is 0 Å². The van der Waals surface area contributed by atoms with Crippen molar-refractivity contribution >= 4 is 41.1 Å². The summed E-state index contributed by atoms with van der Waals surface area (Å²) in [6, 6.07) is 0. The summed E-state index contributed by atoms with van der Waals surface area (Å²) in [4.78, 5) is 37.0. The van der Waals surface area contributed by atoms with E-state index in [-0.39, 0.29) is 22.9 Å². The number of hydrogen-bond acceptors (Lipinski definition) is 7. The zero-order valence-corrected chi connectivity index (χ0v) is 13.3. The van der Waals surface area contributed by atoms with Crippen molar-refractivity contribution in [3.63, 3.8) is 0 Å². The normalized spacial score (nSPS) is 27.4. The Morgan fingerprint density at radius 2 is 1.80 bits per heavy atom. The Labute approximate surface area is 126 Å². The molecule has 1 saturated carbocycles. The van der Waals surface area contributed by atoms with Crippen LogP contribution in [0, 0.1) is 0 Å². The van der Waals surface area contributed by atoms with Gasteiger partial charge in [0.1, 0.15) is 5.37 Å². The Morgan fingerprint density at radius 1 is 1.20 bits per heavy atom. The number of Topliss-reactive ketones (excluding diaryl/α,β-unsaturated/α-hetero) is 2. The van der Waals surface area contributed by atoms with Crippen molar-refractivity contribution in [3.8, 4) is 0 Å². The van der Waals surface area contributed by atoms with Crippen LogP contribution in [0.1, 0.15) is 26.2 Å². The van der Waals surface area contributed by atoms with Gasteiger partial charge in [-0.05, 0) is 20.5 Å². The zero-order chi connectivity index (χ0) is 14.9. The van der Waals surface area contributed by atoms with Gasteiger partial charge >= 0.3 is 5.97 Å². The molecule has 0 spiro atoms. The van der Waals surface area contributed by atoms with Gasteiger partial charge < -0.3 is 4.74 Å². The van der Waals surface area contributed by atoms with E-state index in [9.17, 15) is 14.4 Å². The first-order valence-electron chi connectivity index (χ1n) is 6.37. The second-order valence-electron chi connectivity index (χ2n) is 4.93. The van der Waals surface area contributed by atoms with E-state index in [1.54, 1.807) is 0 Å². The predicted octanol–water partition coefficient (Wildman–Crippen LogP) is 1.78. The number of likely N-dealkylation sites (N-methyl/N-ethyl adjacent to an activating group) is 1. The molecule has 1 aliphatic carbocycles. The first-order valence-corrected chi connectivity index (χ1v) is 8.13. The summed E-state index contributed by atoms with van der Waals surface area (Å²) in [5.74, 6) is -0.531. The van der Waals surface area contributed by atoms with Crippen LogP contribution in [0.4, 0.5) is 0 Å². The molecule has 2 aliphatic rings. The lowest BCUT2D eigenvalue weighted by molar-refractivity contribution is -0.143. The lowest BCUT2D eigenvalue weighted by atomic mass is 9.94. The molecule has 0 amide bonds. The highest BCUT2D eigenvalue weighted by Crippen LogP contribution is 2.50. The molecule has 2 fully saturated rings. The monoisotopic (exact) mass is 315 g/mol. The zero-order valence-electron chi connectivity index (χ0n) is 11.7. The number of nitrogens with zero attached hydrogens (tertiary/aromatic N) is 1. The van der Waals surface area contributed by atoms with Crippen molar-refractivity contribution in [3.05, 3.63) is 9.81 Å². The van der Waals surface area contributed by atoms with Crippen molar-refractivity contribution in [2.45, 2.75) is 37.0 Å². The smallest absolute Gasteiger partial charge is 0.303 e. The van der Waals surface area contributed by atoms with Gasteiger partial charge in [-0.25, -0.2) is 0 Å². The van der Waals surface area contributed by atoms with Gasteiger partial charge in [0.2, 0.25) is 0 Å². The third kappa shape index (κ3) is 3.27. The van der Waals surface area contributed by atoms with Crippen molar-refractivity contribution in [1.82, 2.24) is 4.90 Å². The lowest BCUT2D eigenvalue weighted by Gasteiger charge is -2.22.